The lowest BCUT2D eigenvalue weighted by Gasteiger charge is -2.12. The zero-order valence-corrected chi connectivity index (χ0v) is 14.9. The Balaban J connectivity index is 2.20. The molecule has 0 fully saturated rings. The third-order valence-electron chi connectivity index (χ3n) is 4.13. The van der Waals surface area contributed by atoms with Gasteiger partial charge in [0, 0.05) is 31.3 Å². The van der Waals surface area contributed by atoms with Crippen LogP contribution in [0.2, 0.25) is 0 Å². The molecule has 1 heterocycles. The van der Waals surface area contributed by atoms with E-state index in [9.17, 15) is 8.78 Å². The third kappa shape index (κ3) is 3.08. The molecule has 0 saturated carbocycles. The molecule has 0 aliphatic rings. The van der Waals surface area contributed by atoms with E-state index < -0.39 is 11.6 Å². The van der Waals surface area contributed by atoms with Crippen molar-refractivity contribution in [2.24, 2.45) is 7.05 Å². The molecule has 3 rings (SSSR count). The second kappa shape index (κ2) is 7.03. The Labute approximate surface area is 150 Å². The molecule has 3 aromatic rings. The Morgan fingerprint density at radius 1 is 0.923 bits per heavy atom. The molecule has 0 atom stereocenters. The van der Waals surface area contributed by atoms with Crippen molar-refractivity contribution in [1.82, 2.24) is 9.55 Å². The molecule has 0 spiro atoms. The number of benzene rings is 2. The van der Waals surface area contributed by atoms with Gasteiger partial charge in [0.15, 0.2) is 0 Å². The summed E-state index contributed by atoms with van der Waals surface area (Å²) in [6, 6.07) is 7.90. The van der Waals surface area contributed by atoms with Crippen LogP contribution in [-0.2, 0) is 7.05 Å². The van der Waals surface area contributed by atoms with Crippen LogP contribution in [0.5, 0.6) is 11.5 Å². The van der Waals surface area contributed by atoms with Crippen LogP contribution in [0.3, 0.4) is 0 Å². The van der Waals surface area contributed by atoms with Crippen LogP contribution in [0.15, 0.2) is 36.7 Å². The zero-order chi connectivity index (χ0) is 18.8. The minimum atomic E-state index is -0.669. The fraction of sp³-hybridized carbons (Fsp3) is 0.211. The molecule has 7 heteroatoms. The average Bonchev–Trinajstić information content (AvgIpc) is 3.02. The van der Waals surface area contributed by atoms with Gasteiger partial charge in [0.1, 0.15) is 28.8 Å². The van der Waals surface area contributed by atoms with Crippen LogP contribution < -0.4 is 14.8 Å². The van der Waals surface area contributed by atoms with E-state index in [2.05, 4.69) is 10.3 Å². The van der Waals surface area contributed by atoms with Gasteiger partial charge in [-0.2, -0.15) is 0 Å². The Bertz CT molecular complexity index is 909. The normalized spacial score (nSPS) is 10.7. The van der Waals surface area contributed by atoms with Crippen molar-refractivity contribution in [3.05, 3.63) is 48.3 Å². The molecule has 26 heavy (non-hydrogen) atoms. The number of halogens is 2. The minimum absolute atomic E-state index is 0.166. The zero-order valence-electron chi connectivity index (χ0n) is 14.9. The van der Waals surface area contributed by atoms with Gasteiger partial charge >= 0.3 is 0 Å². The number of nitrogens with one attached hydrogen (secondary N) is 1. The lowest BCUT2D eigenvalue weighted by Crippen LogP contribution is -1.99. The lowest BCUT2D eigenvalue weighted by molar-refractivity contribution is 0.394. The molecule has 0 unspecified atom stereocenters. The first-order valence-electron chi connectivity index (χ1n) is 7.90. The fourth-order valence-corrected chi connectivity index (χ4v) is 2.87. The summed E-state index contributed by atoms with van der Waals surface area (Å²) in [7, 11) is 6.35. The van der Waals surface area contributed by atoms with E-state index in [4.69, 9.17) is 9.47 Å². The molecule has 2 aromatic carbocycles. The van der Waals surface area contributed by atoms with Crippen molar-refractivity contribution in [3.63, 3.8) is 0 Å². The number of aryl methyl sites for hydroxylation is 1. The predicted octanol–water partition coefficient (Wildman–Crippen LogP) is 4.09. The molecule has 0 aliphatic heterocycles. The van der Waals surface area contributed by atoms with Crippen LogP contribution >= 0.6 is 0 Å². The number of nitrogens with zero attached hydrogens (tertiary/aromatic N) is 2. The van der Waals surface area contributed by atoms with E-state index in [-0.39, 0.29) is 5.69 Å². The third-order valence-corrected chi connectivity index (χ3v) is 4.13. The lowest BCUT2D eigenvalue weighted by atomic mass is 10.0. The highest BCUT2D eigenvalue weighted by molar-refractivity contribution is 5.80. The summed E-state index contributed by atoms with van der Waals surface area (Å²) in [4.78, 5) is 4.41. The number of hydrogen-bond donors (Lipinski definition) is 1. The number of rotatable bonds is 5. The van der Waals surface area contributed by atoms with Gasteiger partial charge in [-0.3, -0.25) is 0 Å². The molecule has 1 N–H and O–H groups in total. The number of aromatic nitrogens is 2. The molecule has 5 nitrogen and oxygen atoms in total. The first-order chi connectivity index (χ1) is 12.5. The van der Waals surface area contributed by atoms with Gasteiger partial charge in [-0.1, -0.05) is 0 Å². The van der Waals surface area contributed by atoms with Gasteiger partial charge in [-0.05, 0) is 24.3 Å². The smallest absolute Gasteiger partial charge is 0.149 e. The number of hydrogen-bond acceptors (Lipinski definition) is 4. The maximum Gasteiger partial charge on any atom is 0.149 e. The summed E-state index contributed by atoms with van der Waals surface area (Å²) < 4.78 is 40.8. The van der Waals surface area contributed by atoms with Crippen LogP contribution in [-0.4, -0.2) is 30.8 Å². The second-order valence-corrected chi connectivity index (χ2v) is 5.72. The summed E-state index contributed by atoms with van der Waals surface area (Å²) >= 11 is 0. The highest BCUT2D eigenvalue weighted by Gasteiger charge is 2.18. The number of methoxy groups -OCH3 is 2. The summed E-state index contributed by atoms with van der Waals surface area (Å²) in [5, 5.41) is 2.52. The largest absolute Gasteiger partial charge is 0.497 e. The average molecular weight is 359 g/mol. The van der Waals surface area contributed by atoms with E-state index in [0.717, 1.165) is 5.56 Å². The van der Waals surface area contributed by atoms with E-state index in [1.54, 1.807) is 50.4 Å². The van der Waals surface area contributed by atoms with Gasteiger partial charge in [0.05, 0.1) is 31.9 Å². The Hall–Kier alpha value is -3.09. The van der Waals surface area contributed by atoms with Gasteiger partial charge < -0.3 is 19.4 Å². The van der Waals surface area contributed by atoms with Crippen LogP contribution in [0.4, 0.5) is 14.5 Å². The summed E-state index contributed by atoms with van der Waals surface area (Å²) in [6.45, 7) is 0. The maximum atomic E-state index is 14.2. The molecule has 0 aliphatic carbocycles. The maximum absolute atomic E-state index is 14.2. The first kappa shape index (κ1) is 17.7. The number of ether oxygens (including phenoxy) is 2. The van der Waals surface area contributed by atoms with Crippen molar-refractivity contribution >= 4 is 5.69 Å². The van der Waals surface area contributed by atoms with Crippen LogP contribution in [0.1, 0.15) is 0 Å². The van der Waals surface area contributed by atoms with Gasteiger partial charge in [0.25, 0.3) is 0 Å². The van der Waals surface area contributed by atoms with Gasteiger partial charge in [0.2, 0.25) is 0 Å². The van der Waals surface area contributed by atoms with E-state index >= 15 is 0 Å². The van der Waals surface area contributed by atoms with E-state index in [1.807, 2.05) is 0 Å². The second-order valence-electron chi connectivity index (χ2n) is 5.72. The van der Waals surface area contributed by atoms with E-state index in [1.165, 1.54) is 19.2 Å². The van der Waals surface area contributed by atoms with Gasteiger partial charge in [-0.25, -0.2) is 13.8 Å². The minimum Gasteiger partial charge on any atom is -0.497 e. The van der Waals surface area contributed by atoms with Crippen molar-refractivity contribution in [2.75, 3.05) is 26.6 Å². The van der Waals surface area contributed by atoms with Crippen molar-refractivity contribution < 1.29 is 18.3 Å². The quantitative estimate of drug-likeness (QED) is 0.745. The standard InChI is InChI=1S/C19H19F2N3O2/c1-22-18-15(20)7-12(8-16(18)21)19-17(23-10-24(19)2)11-5-13(25-3)9-14(6-11)26-4/h5-10,22H,1-4H3. The van der Waals surface area contributed by atoms with Gasteiger partial charge in [-0.15, -0.1) is 0 Å². The summed E-state index contributed by atoms with van der Waals surface area (Å²) in [5.41, 5.74) is 2.09. The van der Waals surface area contributed by atoms with Crippen molar-refractivity contribution in [1.29, 1.82) is 0 Å². The topological polar surface area (TPSA) is 48.3 Å². The van der Waals surface area contributed by atoms with Crippen LogP contribution in [0, 0.1) is 11.6 Å². The molecular formula is C19H19F2N3O2. The van der Waals surface area contributed by atoms with Crippen molar-refractivity contribution in [3.8, 4) is 34.0 Å². The monoisotopic (exact) mass is 359 g/mol. The Morgan fingerprint density at radius 2 is 1.50 bits per heavy atom. The highest BCUT2D eigenvalue weighted by atomic mass is 19.1. The highest BCUT2D eigenvalue weighted by Crippen LogP contribution is 2.36. The SMILES string of the molecule is CNc1c(F)cc(-c2c(-c3cc(OC)cc(OC)c3)ncn2C)cc1F. The summed E-state index contributed by atoms with van der Waals surface area (Å²) in [6.07, 6.45) is 1.60. The predicted molar refractivity (Wildman–Crippen MR) is 96.6 cm³/mol. The summed E-state index contributed by atoms with van der Waals surface area (Å²) in [5.74, 6) is -0.145. The first-order valence-corrected chi connectivity index (χ1v) is 7.90. The molecule has 1 aromatic heterocycles. The molecule has 0 saturated heterocycles. The Morgan fingerprint density at radius 3 is 2.00 bits per heavy atom. The molecule has 0 bridgehead atoms. The molecule has 136 valence electrons. The number of imidazole rings is 1. The van der Waals surface area contributed by atoms with Crippen molar-refractivity contribution in [2.45, 2.75) is 0 Å². The fourth-order valence-electron chi connectivity index (χ4n) is 2.87. The molecule has 0 radical (unpaired) electrons. The molecule has 0 amide bonds. The number of anilines is 1. The van der Waals surface area contributed by atoms with Crippen LogP contribution in [0.25, 0.3) is 22.5 Å². The molecular weight excluding hydrogens is 340 g/mol. The Kier molecular flexibility index (Phi) is 4.79. The van der Waals surface area contributed by atoms with E-state index in [0.29, 0.717) is 28.5 Å².